The average molecular weight is 795 g/mol. The van der Waals surface area contributed by atoms with Crippen LogP contribution < -0.4 is 10.2 Å². The summed E-state index contributed by atoms with van der Waals surface area (Å²) in [5.41, 5.74) is 1.88. The molecule has 286 valence electrons. The van der Waals surface area contributed by atoms with Gasteiger partial charge < -0.3 is 34.4 Å². The quantitative estimate of drug-likeness (QED) is 0.0868. The molecule has 0 aromatic heterocycles. The zero-order valence-electron chi connectivity index (χ0n) is 30.9. The van der Waals surface area contributed by atoms with Gasteiger partial charge in [0.05, 0.1) is 30.6 Å². The minimum absolute atomic E-state index is 0.0217. The zero-order valence-corrected chi connectivity index (χ0v) is 32.5. The van der Waals surface area contributed by atoms with Crippen molar-refractivity contribution < 1.29 is 38.5 Å². The Kier molecular flexibility index (Phi) is 13.7. The largest absolute Gasteiger partial charge is 0.455 e. The molecule has 1 spiro atoms. The zero-order chi connectivity index (χ0) is 38.3. The van der Waals surface area contributed by atoms with E-state index in [1.807, 2.05) is 62.4 Å². The van der Waals surface area contributed by atoms with Gasteiger partial charge in [-0.2, -0.15) is 0 Å². The lowest BCUT2D eigenvalue weighted by molar-refractivity contribution is -0.163. The fourth-order valence-electron chi connectivity index (χ4n) is 8.41. The van der Waals surface area contributed by atoms with E-state index in [1.165, 1.54) is 7.11 Å². The van der Waals surface area contributed by atoms with Gasteiger partial charge in [0.1, 0.15) is 17.7 Å². The van der Waals surface area contributed by atoms with Crippen LogP contribution in [0.15, 0.2) is 73.8 Å². The first-order valence-corrected chi connectivity index (χ1v) is 19.3. The topological polar surface area (TPSA) is 135 Å². The van der Waals surface area contributed by atoms with Crippen LogP contribution in [0.4, 0.5) is 5.69 Å². The molecular weight excluding hydrogens is 742 g/mol. The molecule has 2 aromatic carbocycles. The highest BCUT2D eigenvalue weighted by molar-refractivity contribution is 9.09. The van der Waals surface area contributed by atoms with Crippen molar-refractivity contribution in [2.75, 3.05) is 38.3 Å². The normalized spacial score (nSPS) is 25.4. The van der Waals surface area contributed by atoms with E-state index >= 15 is 4.79 Å². The maximum absolute atomic E-state index is 15.1. The Balaban J connectivity index is 1.54. The number of nitrogens with one attached hydrogen (secondary N) is 1. The number of methoxy groups -OCH3 is 1. The minimum atomic E-state index is -1.31. The van der Waals surface area contributed by atoms with E-state index in [9.17, 15) is 19.5 Å². The first-order chi connectivity index (χ1) is 25.5. The van der Waals surface area contributed by atoms with Crippen molar-refractivity contribution >= 4 is 45.3 Å². The molecule has 3 amide bonds. The van der Waals surface area contributed by atoms with Crippen LogP contribution in [0.5, 0.6) is 0 Å². The number of aryl methyl sites for hydroxylation is 2. The second kappa shape index (κ2) is 18.0. The van der Waals surface area contributed by atoms with Gasteiger partial charge in [-0.05, 0) is 62.6 Å². The second-order valence-corrected chi connectivity index (χ2v) is 15.4. The van der Waals surface area contributed by atoms with Crippen LogP contribution in [0.3, 0.4) is 0 Å². The molecule has 2 N–H and O–H groups in total. The lowest BCUT2D eigenvalue weighted by Crippen LogP contribution is -2.57. The van der Waals surface area contributed by atoms with E-state index in [4.69, 9.17) is 14.2 Å². The number of hydrogen-bond acceptors (Lipinski definition) is 8. The summed E-state index contributed by atoms with van der Waals surface area (Å²) >= 11 is 3.77. The third kappa shape index (κ3) is 8.16. The van der Waals surface area contributed by atoms with Crippen LogP contribution in [-0.2, 0) is 33.4 Å². The van der Waals surface area contributed by atoms with Crippen molar-refractivity contribution in [3.63, 3.8) is 0 Å². The summed E-state index contributed by atoms with van der Waals surface area (Å²) in [6.45, 7) is 12.1. The number of rotatable bonds is 19. The number of likely N-dealkylation sites (tertiary alicyclic amines) is 1. The maximum atomic E-state index is 15.1. The van der Waals surface area contributed by atoms with Gasteiger partial charge in [0.25, 0.3) is 5.91 Å². The number of anilines is 1. The SMILES string of the molecule is C=CCCC(=O)N[C@H](COC)[C@H](OC(=O)[C@@H]1[C@H]2O[C@@]3(CC2Br)[C@H](C(=O)N(CC=C)c2c(C)cccc2C)N(CCCCCO)C(=O)[C@@H]13)c1ccccc1. The van der Waals surface area contributed by atoms with E-state index in [0.717, 1.165) is 16.8 Å². The molecule has 0 radical (unpaired) electrons. The molecule has 0 aliphatic carbocycles. The Morgan fingerprint density at radius 2 is 1.81 bits per heavy atom. The molecule has 3 fully saturated rings. The first kappa shape index (κ1) is 40.3. The number of ether oxygens (including phenoxy) is 3. The van der Waals surface area contributed by atoms with Crippen molar-refractivity contribution in [3.05, 3.63) is 90.5 Å². The van der Waals surface area contributed by atoms with Gasteiger partial charge in [0, 0.05) is 43.7 Å². The van der Waals surface area contributed by atoms with Gasteiger partial charge in [-0.25, -0.2) is 0 Å². The van der Waals surface area contributed by atoms with Gasteiger partial charge in [0.15, 0.2) is 0 Å². The number of alkyl halides is 1. The van der Waals surface area contributed by atoms with Gasteiger partial charge in [0.2, 0.25) is 11.8 Å². The lowest BCUT2D eigenvalue weighted by atomic mass is 9.70. The van der Waals surface area contributed by atoms with Crippen LogP contribution in [0.1, 0.15) is 61.3 Å². The van der Waals surface area contributed by atoms with Crippen LogP contribution in [0, 0.1) is 25.7 Å². The standard InChI is InChI=1S/C41H52BrN3O8/c1-6-8-20-31(47)43-30(25-51-5)35(28-18-11-9-12-19-28)52-40(50)32-33-38(48)45(22-13-10-14-23-46)37(41(33)24-29(42)36(32)53-41)39(49)44(21-7-2)34-26(3)16-15-17-27(34)4/h6-7,9,11-12,15-19,29-30,32-33,35-37,46H,1-2,8,10,13-14,20-25H2,3-5H3,(H,43,47)/t29?,30-,32+,33-,35-,36+,37+,41-/m1/s1. The predicted molar refractivity (Wildman–Crippen MR) is 205 cm³/mol. The number of unbranched alkanes of at least 4 members (excludes halogenated alkanes) is 2. The first-order valence-electron chi connectivity index (χ1n) is 18.4. The van der Waals surface area contributed by atoms with Gasteiger partial charge in [-0.3, -0.25) is 19.2 Å². The number of esters is 1. The van der Waals surface area contributed by atoms with Crippen LogP contribution in [-0.4, -0.2) is 95.7 Å². The molecule has 53 heavy (non-hydrogen) atoms. The molecular formula is C41H52BrN3O8. The number of carbonyl (C=O) groups excluding carboxylic acids is 4. The van der Waals surface area contributed by atoms with Crippen molar-refractivity contribution in [2.24, 2.45) is 11.8 Å². The number of halogens is 1. The number of benzene rings is 2. The third-order valence-electron chi connectivity index (χ3n) is 10.6. The Hall–Kier alpha value is -3.84. The van der Waals surface area contributed by atoms with Crippen LogP contribution in [0.25, 0.3) is 0 Å². The van der Waals surface area contributed by atoms with Crippen molar-refractivity contribution in [3.8, 4) is 0 Å². The van der Waals surface area contributed by atoms with E-state index in [1.54, 1.807) is 22.0 Å². The van der Waals surface area contributed by atoms with Crippen LogP contribution in [0.2, 0.25) is 0 Å². The van der Waals surface area contributed by atoms with Gasteiger partial charge in [-0.15, -0.1) is 13.2 Å². The lowest BCUT2D eigenvalue weighted by Gasteiger charge is -2.38. The summed E-state index contributed by atoms with van der Waals surface area (Å²) < 4.78 is 18.6. The maximum Gasteiger partial charge on any atom is 0.313 e. The molecule has 1 unspecified atom stereocenters. The molecule has 2 bridgehead atoms. The molecule has 8 atom stereocenters. The second-order valence-electron chi connectivity index (χ2n) is 14.2. The Labute approximate surface area is 320 Å². The number of aliphatic hydroxyl groups is 1. The summed E-state index contributed by atoms with van der Waals surface area (Å²) in [4.78, 5) is 60.3. The molecule has 3 aliphatic rings. The fourth-order valence-corrected chi connectivity index (χ4v) is 9.36. The monoisotopic (exact) mass is 793 g/mol. The fraction of sp³-hybridized carbons (Fsp3) is 0.512. The highest BCUT2D eigenvalue weighted by Crippen LogP contribution is 2.60. The highest BCUT2D eigenvalue weighted by Gasteiger charge is 2.77. The summed E-state index contributed by atoms with van der Waals surface area (Å²) in [5, 5.41) is 12.4. The number of carbonyl (C=O) groups is 4. The van der Waals surface area contributed by atoms with Gasteiger partial charge in [-0.1, -0.05) is 76.6 Å². The van der Waals surface area contributed by atoms with E-state index in [2.05, 4.69) is 34.4 Å². The molecule has 3 saturated heterocycles. The molecule has 0 saturated carbocycles. The van der Waals surface area contributed by atoms with E-state index in [0.29, 0.717) is 37.7 Å². The summed E-state index contributed by atoms with van der Waals surface area (Å²) in [7, 11) is 1.51. The number of allylic oxidation sites excluding steroid dienone is 1. The van der Waals surface area contributed by atoms with Crippen molar-refractivity contribution in [2.45, 2.75) is 87.1 Å². The highest BCUT2D eigenvalue weighted by atomic mass is 79.9. The Morgan fingerprint density at radius 3 is 2.45 bits per heavy atom. The Bertz CT molecular complexity index is 1630. The predicted octanol–water partition coefficient (Wildman–Crippen LogP) is 5.11. The summed E-state index contributed by atoms with van der Waals surface area (Å²) in [5.74, 6) is -3.55. The van der Waals surface area contributed by atoms with E-state index < -0.39 is 47.7 Å². The van der Waals surface area contributed by atoms with Gasteiger partial charge >= 0.3 is 5.97 Å². The number of aliphatic hydroxyl groups excluding tert-OH is 1. The Morgan fingerprint density at radius 1 is 1.09 bits per heavy atom. The van der Waals surface area contributed by atoms with Crippen LogP contribution >= 0.6 is 15.9 Å². The average Bonchev–Trinajstić information content (AvgIpc) is 3.73. The molecule has 12 heteroatoms. The number of fused-ring (bicyclic) bond motifs is 1. The van der Waals surface area contributed by atoms with Crippen molar-refractivity contribution in [1.29, 1.82) is 0 Å². The number of nitrogens with zero attached hydrogens (tertiary/aromatic N) is 2. The molecule has 2 aromatic rings. The number of para-hydroxylation sites is 1. The molecule has 11 nitrogen and oxygen atoms in total. The van der Waals surface area contributed by atoms with E-state index in [-0.39, 0.29) is 55.3 Å². The number of amides is 3. The summed E-state index contributed by atoms with van der Waals surface area (Å²) in [6, 6.07) is 13.2. The molecule has 3 heterocycles. The smallest absolute Gasteiger partial charge is 0.313 e. The van der Waals surface area contributed by atoms with Crippen molar-refractivity contribution in [1.82, 2.24) is 10.2 Å². The third-order valence-corrected chi connectivity index (χ3v) is 11.5. The summed E-state index contributed by atoms with van der Waals surface area (Å²) in [6.07, 6.45) is 4.42. The minimum Gasteiger partial charge on any atom is -0.455 e. The molecule has 5 rings (SSSR count). The molecule has 3 aliphatic heterocycles. The number of hydrogen-bond donors (Lipinski definition) is 2.